The number of H-pyrrole nitrogens is 1. The number of allylic oxidation sites excluding steroid dienone is 4. The molecular weight excluding hydrogens is 396 g/mol. The van der Waals surface area contributed by atoms with Gasteiger partial charge in [-0.05, 0) is 69.4 Å². The molecule has 1 saturated carbocycles. The Morgan fingerprint density at radius 2 is 1.75 bits per heavy atom. The Bertz CT molecular complexity index is 1110. The van der Waals surface area contributed by atoms with Gasteiger partial charge in [0, 0.05) is 35.7 Å². The topological polar surface area (TPSA) is 53.9 Å². The van der Waals surface area contributed by atoms with Gasteiger partial charge in [0.25, 0.3) is 5.56 Å². The van der Waals surface area contributed by atoms with E-state index in [1.165, 1.54) is 87.4 Å². The number of fused-ring (bicyclic) bond motifs is 3. The number of hydrogen-bond acceptors (Lipinski definition) is 3. The van der Waals surface area contributed by atoms with Crippen molar-refractivity contribution in [1.29, 1.82) is 0 Å². The highest BCUT2D eigenvalue weighted by Gasteiger charge is 2.29. The molecule has 5 nitrogen and oxygen atoms in total. The molecule has 1 saturated heterocycles. The molecule has 1 aliphatic heterocycles. The predicted molar refractivity (Wildman–Crippen MR) is 130 cm³/mol. The van der Waals surface area contributed by atoms with Gasteiger partial charge in [-0.3, -0.25) is 4.79 Å². The van der Waals surface area contributed by atoms with E-state index in [1.54, 1.807) is 0 Å². The summed E-state index contributed by atoms with van der Waals surface area (Å²) < 4.78 is 2.15. The second-order valence-electron chi connectivity index (χ2n) is 10.5. The van der Waals surface area contributed by atoms with E-state index in [4.69, 9.17) is 5.10 Å². The number of hydrogen-bond donors (Lipinski definition) is 1. The second kappa shape index (κ2) is 8.66. The van der Waals surface area contributed by atoms with Crippen molar-refractivity contribution < 1.29 is 0 Å². The van der Waals surface area contributed by atoms with Crippen LogP contribution in [0.5, 0.6) is 0 Å². The van der Waals surface area contributed by atoms with Crippen molar-refractivity contribution in [3.05, 3.63) is 45.4 Å². The first-order chi connectivity index (χ1) is 15.8. The Morgan fingerprint density at radius 3 is 2.50 bits per heavy atom. The number of nitrogens with zero attached hydrogens (tertiary/aromatic N) is 3. The SMILES string of the molecule is O=c1[nH]c2c(c(C3=CC=C3)nn2CC2CCCN(C3CCCCCC3)C2)c2c1CCCC2. The van der Waals surface area contributed by atoms with Crippen LogP contribution >= 0.6 is 0 Å². The maximum Gasteiger partial charge on any atom is 0.253 e. The Hall–Kier alpha value is -2.14. The standard InChI is InChI=1S/C27H36N4O/c32-27-23-15-6-5-14-22(23)24-25(20-10-7-11-20)29-31(26(24)28-27)18-19-9-8-16-30(17-19)21-12-3-1-2-4-13-21/h7,10-11,19,21H,1-6,8-9,12-18H2,(H,28,32). The van der Waals surface area contributed by atoms with Crippen LogP contribution in [0.1, 0.15) is 81.0 Å². The van der Waals surface area contributed by atoms with Crippen LogP contribution in [0.4, 0.5) is 0 Å². The molecule has 3 heterocycles. The molecule has 32 heavy (non-hydrogen) atoms. The lowest BCUT2D eigenvalue weighted by molar-refractivity contribution is 0.104. The third-order valence-corrected chi connectivity index (χ3v) is 8.38. The van der Waals surface area contributed by atoms with Crippen molar-refractivity contribution in [2.45, 2.75) is 89.6 Å². The lowest BCUT2D eigenvalue weighted by Crippen LogP contribution is -2.43. The van der Waals surface area contributed by atoms with Crippen molar-refractivity contribution in [2.24, 2.45) is 5.92 Å². The Labute approximate surface area is 190 Å². The Balaban J connectivity index is 1.32. The van der Waals surface area contributed by atoms with Crippen LogP contribution < -0.4 is 5.56 Å². The van der Waals surface area contributed by atoms with Gasteiger partial charge in [0.15, 0.2) is 0 Å². The summed E-state index contributed by atoms with van der Waals surface area (Å²) in [5.41, 5.74) is 5.62. The van der Waals surface area contributed by atoms with Crippen molar-refractivity contribution in [3.8, 4) is 0 Å². The van der Waals surface area contributed by atoms with Crippen molar-refractivity contribution in [2.75, 3.05) is 13.1 Å². The summed E-state index contributed by atoms with van der Waals surface area (Å²) >= 11 is 0. The molecule has 1 atom stereocenters. The van der Waals surface area contributed by atoms with Gasteiger partial charge in [0.2, 0.25) is 0 Å². The molecule has 0 spiro atoms. The molecule has 2 aromatic heterocycles. The van der Waals surface area contributed by atoms with Crippen LogP contribution in [0.15, 0.2) is 23.0 Å². The van der Waals surface area contributed by atoms with Crippen LogP contribution in [0.3, 0.4) is 0 Å². The Morgan fingerprint density at radius 1 is 0.969 bits per heavy atom. The normalized spacial score (nSPS) is 24.8. The zero-order valence-electron chi connectivity index (χ0n) is 19.2. The van der Waals surface area contributed by atoms with Gasteiger partial charge < -0.3 is 9.88 Å². The number of aryl methyl sites for hydroxylation is 1. The first-order valence-corrected chi connectivity index (χ1v) is 13.1. The summed E-state index contributed by atoms with van der Waals surface area (Å²) in [5, 5.41) is 6.33. The minimum Gasteiger partial charge on any atom is -0.307 e. The van der Waals surface area contributed by atoms with Gasteiger partial charge in [0.05, 0.1) is 0 Å². The van der Waals surface area contributed by atoms with Gasteiger partial charge >= 0.3 is 0 Å². The van der Waals surface area contributed by atoms with Crippen LogP contribution in [-0.2, 0) is 19.4 Å². The van der Waals surface area contributed by atoms with E-state index in [0.29, 0.717) is 5.92 Å². The molecule has 0 aromatic carbocycles. The molecule has 0 bridgehead atoms. The number of aromatic amines is 1. The molecule has 4 aliphatic rings. The fraction of sp³-hybridized carbons (Fsp3) is 0.630. The van der Waals surface area contributed by atoms with Gasteiger partial charge in [-0.1, -0.05) is 43.9 Å². The molecule has 6 rings (SSSR count). The highest BCUT2D eigenvalue weighted by molar-refractivity contribution is 5.96. The molecule has 2 aromatic rings. The van der Waals surface area contributed by atoms with Gasteiger partial charge in [-0.25, -0.2) is 4.68 Å². The zero-order valence-corrected chi connectivity index (χ0v) is 19.2. The monoisotopic (exact) mass is 432 g/mol. The number of pyridine rings is 1. The quantitative estimate of drug-likeness (QED) is 0.693. The predicted octanol–water partition coefficient (Wildman–Crippen LogP) is 4.99. The Kier molecular flexibility index (Phi) is 5.54. The molecular formula is C27H36N4O. The fourth-order valence-corrected chi connectivity index (χ4v) is 6.62. The highest BCUT2D eigenvalue weighted by atomic mass is 16.1. The molecule has 5 heteroatoms. The van der Waals surface area contributed by atoms with E-state index < -0.39 is 0 Å². The molecule has 2 fully saturated rings. The van der Waals surface area contributed by atoms with Crippen LogP contribution in [-0.4, -0.2) is 38.8 Å². The van der Waals surface area contributed by atoms with E-state index in [-0.39, 0.29) is 5.56 Å². The van der Waals surface area contributed by atoms with E-state index in [9.17, 15) is 4.79 Å². The first-order valence-electron chi connectivity index (χ1n) is 13.1. The summed E-state index contributed by atoms with van der Waals surface area (Å²) in [6.07, 6.45) is 21.5. The van der Waals surface area contributed by atoms with Crippen molar-refractivity contribution in [1.82, 2.24) is 19.7 Å². The average Bonchev–Trinajstić information content (AvgIpc) is 2.95. The summed E-state index contributed by atoms with van der Waals surface area (Å²) in [4.78, 5) is 19.0. The summed E-state index contributed by atoms with van der Waals surface area (Å²) in [6, 6.07) is 0.780. The fourth-order valence-electron chi connectivity index (χ4n) is 6.62. The zero-order chi connectivity index (χ0) is 21.5. The highest BCUT2D eigenvalue weighted by Crippen LogP contribution is 2.34. The average molecular weight is 433 g/mol. The number of nitrogens with one attached hydrogen (secondary N) is 1. The van der Waals surface area contributed by atoms with Crippen molar-refractivity contribution in [3.63, 3.8) is 0 Å². The van der Waals surface area contributed by atoms with Crippen LogP contribution in [0.2, 0.25) is 0 Å². The summed E-state index contributed by atoms with van der Waals surface area (Å²) in [5.74, 6) is 0.605. The maximum absolute atomic E-state index is 12.9. The first kappa shape index (κ1) is 20.5. The summed E-state index contributed by atoms with van der Waals surface area (Å²) in [6.45, 7) is 3.35. The molecule has 0 amide bonds. The largest absolute Gasteiger partial charge is 0.307 e. The van der Waals surface area contributed by atoms with Gasteiger partial charge in [-0.2, -0.15) is 5.10 Å². The smallest absolute Gasteiger partial charge is 0.253 e. The van der Waals surface area contributed by atoms with E-state index >= 15 is 0 Å². The lowest BCUT2D eigenvalue weighted by atomic mass is 9.89. The number of piperidine rings is 1. The number of aromatic nitrogens is 3. The molecule has 1 unspecified atom stereocenters. The van der Waals surface area contributed by atoms with Crippen LogP contribution in [0, 0.1) is 5.92 Å². The summed E-state index contributed by atoms with van der Waals surface area (Å²) in [7, 11) is 0. The molecule has 170 valence electrons. The maximum atomic E-state index is 12.9. The number of rotatable bonds is 4. The minimum absolute atomic E-state index is 0.113. The molecule has 3 aliphatic carbocycles. The third-order valence-electron chi connectivity index (χ3n) is 8.38. The van der Waals surface area contributed by atoms with Gasteiger partial charge in [0.1, 0.15) is 11.3 Å². The van der Waals surface area contributed by atoms with Gasteiger partial charge in [-0.15, -0.1) is 0 Å². The van der Waals surface area contributed by atoms with E-state index in [0.717, 1.165) is 48.8 Å². The lowest BCUT2D eigenvalue weighted by Gasteiger charge is -2.38. The van der Waals surface area contributed by atoms with Crippen LogP contribution in [0.25, 0.3) is 16.6 Å². The molecule has 0 radical (unpaired) electrons. The van der Waals surface area contributed by atoms with E-state index in [2.05, 4.69) is 32.8 Å². The number of likely N-dealkylation sites (tertiary alicyclic amines) is 1. The minimum atomic E-state index is 0.113. The third kappa shape index (κ3) is 3.68. The van der Waals surface area contributed by atoms with Crippen molar-refractivity contribution >= 4 is 16.6 Å². The van der Waals surface area contributed by atoms with E-state index in [1.807, 2.05) is 0 Å². The molecule has 1 N–H and O–H groups in total. The second-order valence-corrected chi connectivity index (χ2v) is 10.5.